The van der Waals surface area contributed by atoms with Gasteiger partial charge in [-0.05, 0) is 37.3 Å². The second-order valence-electron chi connectivity index (χ2n) is 5.27. The van der Waals surface area contributed by atoms with Crippen molar-refractivity contribution in [3.63, 3.8) is 0 Å². The molecule has 130 valence electrons. The molecule has 0 aliphatic heterocycles. The first-order valence-electron chi connectivity index (χ1n) is 7.62. The number of aromatic nitrogens is 1. The molecule has 0 radical (unpaired) electrons. The van der Waals surface area contributed by atoms with Crippen molar-refractivity contribution in [3.05, 3.63) is 52.0 Å². The molecular weight excluding hydrogens is 340 g/mol. The van der Waals surface area contributed by atoms with Gasteiger partial charge in [0.2, 0.25) is 0 Å². The van der Waals surface area contributed by atoms with Crippen LogP contribution in [0.1, 0.15) is 21.1 Å². The van der Waals surface area contributed by atoms with Crippen molar-refractivity contribution in [3.8, 4) is 23.0 Å². The molecule has 3 rings (SSSR count). The van der Waals surface area contributed by atoms with Crippen LogP contribution in [0, 0.1) is 6.92 Å². The van der Waals surface area contributed by atoms with Gasteiger partial charge in [-0.25, -0.2) is 4.98 Å². The first kappa shape index (κ1) is 17.0. The summed E-state index contributed by atoms with van der Waals surface area (Å²) in [5, 5.41) is 5.75. The Morgan fingerprint density at radius 3 is 2.68 bits per heavy atom. The van der Waals surface area contributed by atoms with Crippen molar-refractivity contribution in [2.24, 2.45) is 0 Å². The monoisotopic (exact) mass is 358 g/mol. The van der Waals surface area contributed by atoms with E-state index in [1.54, 1.807) is 36.6 Å². The van der Waals surface area contributed by atoms with Gasteiger partial charge in [-0.15, -0.1) is 11.3 Å². The van der Waals surface area contributed by atoms with Crippen molar-refractivity contribution in [2.75, 3.05) is 14.2 Å². The van der Waals surface area contributed by atoms with Crippen LogP contribution in [0.2, 0.25) is 0 Å². The molecule has 0 aliphatic rings. The lowest BCUT2D eigenvalue weighted by molar-refractivity contribution is 0.0947. The smallest absolute Gasteiger partial charge is 0.251 e. The predicted molar refractivity (Wildman–Crippen MR) is 95.3 cm³/mol. The van der Waals surface area contributed by atoms with Crippen molar-refractivity contribution < 1.29 is 18.7 Å². The van der Waals surface area contributed by atoms with Crippen LogP contribution in [0.3, 0.4) is 0 Å². The average Bonchev–Trinajstić information content (AvgIpc) is 3.27. The van der Waals surface area contributed by atoms with Crippen molar-refractivity contribution in [1.29, 1.82) is 0 Å². The lowest BCUT2D eigenvalue weighted by Crippen LogP contribution is -2.22. The quantitative estimate of drug-likeness (QED) is 0.728. The number of nitrogens with one attached hydrogen (secondary N) is 1. The fourth-order valence-electron chi connectivity index (χ4n) is 2.33. The highest BCUT2D eigenvalue weighted by Crippen LogP contribution is 2.27. The van der Waals surface area contributed by atoms with Crippen LogP contribution in [-0.4, -0.2) is 25.1 Å². The van der Waals surface area contributed by atoms with Gasteiger partial charge in [-0.3, -0.25) is 4.79 Å². The Hall–Kier alpha value is -2.80. The number of carbonyl (C=O) groups is 1. The Balaban J connectivity index is 1.65. The van der Waals surface area contributed by atoms with E-state index in [4.69, 9.17) is 13.9 Å². The number of methoxy groups -OCH3 is 2. The van der Waals surface area contributed by atoms with Crippen LogP contribution in [0.4, 0.5) is 0 Å². The standard InChI is InChI=1S/C18H18N2O4S/c1-11-20-14(10-25-11)15-7-5-13(24-15)9-19-18(21)12-4-6-16(22-2)17(8-12)23-3/h4-8,10H,9H2,1-3H3,(H,19,21). The molecule has 0 atom stereocenters. The molecule has 3 aromatic rings. The van der Waals surface area contributed by atoms with Crippen LogP contribution in [0.25, 0.3) is 11.5 Å². The Bertz CT molecular complexity index is 885. The SMILES string of the molecule is COc1ccc(C(=O)NCc2ccc(-c3csc(C)n3)o2)cc1OC. The van der Waals surface area contributed by atoms with E-state index in [2.05, 4.69) is 10.3 Å². The van der Waals surface area contributed by atoms with Gasteiger partial charge in [0.05, 0.1) is 25.8 Å². The van der Waals surface area contributed by atoms with E-state index in [-0.39, 0.29) is 12.5 Å². The largest absolute Gasteiger partial charge is 0.493 e. The topological polar surface area (TPSA) is 73.6 Å². The number of furan rings is 1. The Labute approximate surface area is 149 Å². The molecule has 2 aromatic heterocycles. The summed E-state index contributed by atoms with van der Waals surface area (Å²) < 4.78 is 16.1. The molecule has 0 aliphatic carbocycles. The summed E-state index contributed by atoms with van der Waals surface area (Å²) in [5.74, 6) is 2.22. The summed E-state index contributed by atoms with van der Waals surface area (Å²) in [4.78, 5) is 16.7. The third-order valence-corrected chi connectivity index (χ3v) is 4.38. The van der Waals surface area contributed by atoms with Gasteiger partial charge in [0, 0.05) is 10.9 Å². The highest BCUT2D eigenvalue weighted by Gasteiger charge is 2.12. The van der Waals surface area contributed by atoms with E-state index in [9.17, 15) is 4.79 Å². The average molecular weight is 358 g/mol. The van der Waals surface area contributed by atoms with E-state index in [1.807, 2.05) is 24.4 Å². The molecule has 0 spiro atoms. The molecule has 0 fully saturated rings. The minimum atomic E-state index is -0.219. The number of carbonyl (C=O) groups excluding carboxylic acids is 1. The molecule has 1 N–H and O–H groups in total. The molecule has 0 bridgehead atoms. The number of thiazole rings is 1. The maximum absolute atomic E-state index is 12.3. The van der Waals surface area contributed by atoms with Gasteiger partial charge in [-0.1, -0.05) is 0 Å². The summed E-state index contributed by atoms with van der Waals surface area (Å²) in [7, 11) is 3.08. The van der Waals surface area contributed by atoms with Gasteiger partial charge in [-0.2, -0.15) is 0 Å². The summed E-state index contributed by atoms with van der Waals surface area (Å²) in [6.07, 6.45) is 0. The van der Waals surface area contributed by atoms with Crippen molar-refractivity contribution in [1.82, 2.24) is 10.3 Å². The fraction of sp³-hybridized carbons (Fsp3) is 0.222. The first-order chi connectivity index (χ1) is 12.1. The van der Waals surface area contributed by atoms with Gasteiger partial charge in [0.25, 0.3) is 5.91 Å². The Kier molecular flexibility index (Phi) is 5.04. The van der Waals surface area contributed by atoms with Crippen LogP contribution >= 0.6 is 11.3 Å². The molecule has 1 aromatic carbocycles. The Morgan fingerprint density at radius 2 is 2.00 bits per heavy atom. The molecular formula is C18H18N2O4S. The second kappa shape index (κ2) is 7.40. The molecule has 2 heterocycles. The third kappa shape index (κ3) is 3.83. The number of hydrogen-bond donors (Lipinski definition) is 1. The summed E-state index contributed by atoms with van der Waals surface area (Å²) in [5.41, 5.74) is 1.29. The minimum absolute atomic E-state index is 0.219. The number of amides is 1. The summed E-state index contributed by atoms with van der Waals surface area (Å²) in [6, 6.07) is 8.71. The zero-order valence-corrected chi connectivity index (χ0v) is 15.0. The van der Waals surface area contributed by atoms with E-state index in [1.165, 1.54) is 7.11 Å². The molecule has 0 saturated carbocycles. The maximum Gasteiger partial charge on any atom is 0.251 e. The minimum Gasteiger partial charge on any atom is -0.493 e. The van der Waals surface area contributed by atoms with Crippen LogP contribution < -0.4 is 14.8 Å². The molecule has 1 amide bonds. The van der Waals surface area contributed by atoms with Gasteiger partial charge >= 0.3 is 0 Å². The number of benzene rings is 1. The normalized spacial score (nSPS) is 10.5. The third-order valence-electron chi connectivity index (χ3n) is 3.60. The van der Waals surface area contributed by atoms with Crippen molar-refractivity contribution in [2.45, 2.75) is 13.5 Å². The highest BCUT2D eigenvalue weighted by molar-refractivity contribution is 7.09. The number of aryl methyl sites for hydroxylation is 1. The van der Waals surface area contributed by atoms with Gasteiger partial charge in [0.1, 0.15) is 11.5 Å². The summed E-state index contributed by atoms with van der Waals surface area (Å²) >= 11 is 1.57. The molecule has 0 unspecified atom stereocenters. The first-order valence-corrected chi connectivity index (χ1v) is 8.50. The van der Waals surface area contributed by atoms with E-state index < -0.39 is 0 Å². The fourth-order valence-corrected chi connectivity index (χ4v) is 2.94. The molecule has 6 nitrogen and oxygen atoms in total. The van der Waals surface area contributed by atoms with Crippen LogP contribution in [-0.2, 0) is 6.54 Å². The predicted octanol–water partition coefficient (Wildman–Crippen LogP) is 3.66. The maximum atomic E-state index is 12.3. The lowest BCUT2D eigenvalue weighted by Gasteiger charge is -2.09. The highest BCUT2D eigenvalue weighted by atomic mass is 32.1. The zero-order valence-electron chi connectivity index (χ0n) is 14.2. The van der Waals surface area contributed by atoms with Gasteiger partial charge in [0.15, 0.2) is 17.3 Å². The number of rotatable bonds is 6. The van der Waals surface area contributed by atoms with Gasteiger partial charge < -0.3 is 19.2 Å². The van der Waals surface area contributed by atoms with Crippen molar-refractivity contribution >= 4 is 17.2 Å². The van der Waals surface area contributed by atoms with E-state index >= 15 is 0 Å². The molecule has 7 heteroatoms. The summed E-state index contributed by atoms with van der Waals surface area (Å²) in [6.45, 7) is 2.23. The molecule has 0 saturated heterocycles. The second-order valence-corrected chi connectivity index (χ2v) is 6.33. The van der Waals surface area contributed by atoms with E-state index in [0.717, 1.165) is 10.7 Å². The number of ether oxygens (including phenoxy) is 2. The van der Waals surface area contributed by atoms with Crippen LogP contribution in [0.15, 0.2) is 40.1 Å². The number of hydrogen-bond acceptors (Lipinski definition) is 6. The van der Waals surface area contributed by atoms with Crippen LogP contribution in [0.5, 0.6) is 11.5 Å². The van der Waals surface area contributed by atoms with E-state index in [0.29, 0.717) is 28.6 Å². The Morgan fingerprint density at radius 1 is 1.20 bits per heavy atom. The number of nitrogens with zero attached hydrogens (tertiary/aromatic N) is 1. The zero-order chi connectivity index (χ0) is 17.8. The molecule has 25 heavy (non-hydrogen) atoms. The lowest BCUT2D eigenvalue weighted by atomic mass is 10.2.